The first kappa shape index (κ1) is 22.9. The van der Waals surface area contributed by atoms with Crippen molar-refractivity contribution in [3.8, 4) is 0 Å². The second-order valence-corrected chi connectivity index (χ2v) is 11.1. The molecule has 0 spiro atoms. The maximum absolute atomic E-state index is 6.90. The fourth-order valence-electron chi connectivity index (χ4n) is 5.97. The highest BCUT2D eigenvalue weighted by Gasteiger charge is 2.42. The Morgan fingerprint density at radius 1 is 0.853 bits per heavy atom. The third-order valence-corrected chi connectivity index (χ3v) is 8.48. The van der Waals surface area contributed by atoms with E-state index in [9.17, 15) is 0 Å². The summed E-state index contributed by atoms with van der Waals surface area (Å²) < 4.78 is 2.31. The minimum absolute atomic E-state index is 0.0236. The minimum Gasteiger partial charge on any atom is -0.347 e. The van der Waals surface area contributed by atoms with Gasteiger partial charge in [-0.25, -0.2) is 0 Å². The van der Waals surface area contributed by atoms with Crippen LogP contribution >= 0.6 is 11.6 Å². The molecule has 2 aliphatic heterocycles. The number of para-hydroxylation sites is 2. The number of halogens is 1. The van der Waals surface area contributed by atoms with Crippen LogP contribution in [0, 0.1) is 0 Å². The minimum atomic E-state index is -0.0236. The molecule has 174 valence electrons. The predicted molar refractivity (Wildman–Crippen MR) is 146 cm³/mol. The molecule has 2 aromatic rings. The Kier molecular flexibility index (Phi) is 5.48. The van der Waals surface area contributed by atoms with Crippen molar-refractivity contribution in [1.29, 1.82) is 0 Å². The van der Waals surface area contributed by atoms with E-state index in [1.54, 1.807) is 0 Å². The summed E-state index contributed by atoms with van der Waals surface area (Å²) in [5.41, 5.74) is 10.3. The van der Waals surface area contributed by atoms with Gasteiger partial charge < -0.3 is 4.90 Å². The van der Waals surface area contributed by atoms with E-state index in [2.05, 4.69) is 124 Å². The molecule has 0 saturated heterocycles. The van der Waals surface area contributed by atoms with Gasteiger partial charge in [0.1, 0.15) is 7.05 Å². The highest BCUT2D eigenvalue weighted by molar-refractivity contribution is 6.33. The lowest BCUT2D eigenvalue weighted by molar-refractivity contribution is -0.401. The zero-order valence-corrected chi connectivity index (χ0v) is 21.9. The van der Waals surface area contributed by atoms with E-state index in [0.29, 0.717) is 0 Å². The molecule has 3 heteroatoms. The van der Waals surface area contributed by atoms with Crippen molar-refractivity contribution in [2.45, 2.75) is 51.4 Å². The van der Waals surface area contributed by atoms with Crippen molar-refractivity contribution in [3.05, 3.63) is 106 Å². The van der Waals surface area contributed by atoms with E-state index in [1.807, 2.05) is 0 Å². The van der Waals surface area contributed by atoms with Crippen molar-refractivity contribution in [2.24, 2.45) is 0 Å². The molecule has 0 N–H and O–H groups in total. The lowest BCUT2D eigenvalue weighted by Crippen LogP contribution is -2.26. The summed E-state index contributed by atoms with van der Waals surface area (Å²) in [5.74, 6) is 0. The first-order chi connectivity index (χ1) is 16.1. The molecular weight excluding hydrogens is 436 g/mol. The van der Waals surface area contributed by atoms with Gasteiger partial charge in [0.15, 0.2) is 5.71 Å². The highest BCUT2D eigenvalue weighted by Crippen LogP contribution is 2.47. The lowest BCUT2D eigenvalue weighted by atomic mass is 9.81. The maximum atomic E-state index is 6.90. The van der Waals surface area contributed by atoms with Crippen LogP contribution in [0.15, 0.2) is 94.7 Å². The van der Waals surface area contributed by atoms with Gasteiger partial charge in [0.25, 0.3) is 0 Å². The van der Waals surface area contributed by atoms with Gasteiger partial charge in [-0.1, -0.05) is 74.0 Å². The van der Waals surface area contributed by atoms with Crippen molar-refractivity contribution in [3.63, 3.8) is 0 Å². The topological polar surface area (TPSA) is 6.25 Å². The normalized spacial score (nSPS) is 23.1. The maximum Gasteiger partial charge on any atom is 0.209 e. The zero-order chi connectivity index (χ0) is 24.3. The number of hydrogen-bond acceptors (Lipinski definition) is 1. The number of fused-ring (bicyclic) bond motifs is 2. The van der Waals surface area contributed by atoms with E-state index in [4.69, 9.17) is 11.6 Å². The molecule has 2 heterocycles. The van der Waals surface area contributed by atoms with Crippen LogP contribution in [0.4, 0.5) is 11.4 Å². The average molecular weight is 470 g/mol. The van der Waals surface area contributed by atoms with Gasteiger partial charge in [-0.3, -0.25) is 0 Å². The Morgan fingerprint density at radius 3 is 2.24 bits per heavy atom. The first-order valence-electron chi connectivity index (χ1n) is 12.2. The Morgan fingerprint density at radius 2 is 1.53 bits per heavy atom. The molecule has 0 unspecified atom stereocenters. The summed E-state index contributed by atoms with van der Waals surface area (Å²) >= 11 is 6.90. The third-order valence-electron chi connectivity index (χ3n) is 7.99. The van der Waals surface area contributed by atoms with Gasteiger partial charge in [0.05, 0.1) is 5.41 Å². The highest BCUT2D eigenvalue weighted by atomic mass is 35.5. The number of nitrogens with zero attached hydrogens (tertiary/aromatic N) is 2. The molecule has 0 bridgehead atoms. The second-order valence-electron chi connectivity index (χ2n) is 10.7. The van der Waals surface area contributed by atoms with Crippen LogP contribution in [0.3, 0.4) is 0 Å². The molecule has 0 saturated carbocycles. The summed E-state index contributed by atoms with van der Waals surface area (Å²) in [4.78, 5) is 2.31. The van der Waals surface area contributed by atoms with Crippen molar-refractivity contribution >= 4 is 28.7 Å². The number of rotatable bonds is 3. The van der Waals surface area contributed by atoms with Gasteiger partial charge in [0.2, 0.25) is 5.69 Å². The number of likely N-dealkylation sites (N-methyl/N-ethyl adjacent to an activating group) is 1. The number of benzene rings is 2. The molecule has 0 atom stereocenters. The summed E-state index contributed by atoms with van der Waals surface area (Å²) in [6, 6.07) is 17.4. The van der Waals surface area contributed by atoms with E-state index in [0.717, 1.165) is 17.9 Å². The van der Waals surface area contributed by atoms with Gasteiger partial charge in [-0.15, -0.1) is 0 Å². The van der Waals surface area contributed by atoms with Gasteiger partial charge >= 0.3 is 0 Å². The Labute approximate surface area is 209 Å². The largest absolute Gasteiger partial charge is 0.347 e. The molecule has 1 aliphatic carbocycles. The standard InChI is InChI=1S/C31H34ClN2/c1-30(2)23-11-7-9-13-25(23)33(5)27(30)19-17-21-15-16-22(29(21)32)18-20-28-31(3,4)24-12-8-10-14-26(24)34(28)6/h7-14,17-20H,15-16H2,1-6H3/q+1. The molecule has 0 fully saturated rings. The molecule has 2 nitrogen and oxygen atoms in total. The summed E-state index contributed by atoms with van der Waals surface area (Å²) in [6.07, 6.45) is 11.0. The number of anilines is 1. The Hall–Kier alpha value is -2.84. The van der Waals surface area contributed by atoms with Crippen molar-refractivity contribution in [1.82, 2.24) is 0 Å². The van der Waals surface area contributed by atoms with Crippen LogP contribution in [0.1, 0.15) is 51.7 Å². The molecule has 0 radical (unpaired) electrons. The van der Waals surface area contributed by atoms with Crippen LogP contribution < -0.4 is 4.90 Å². The molecule has 0 amide bonds. The van der Waals surface area contributed by atoms with E-state index in [-0.39, 0.29) is 10.8 Å². The summed E-state index contributed by atoms with van der Waals surface area (Å²) in [7, 11) is 4.32. The predicted octanol–water partition coefficient (Wildman–Crippen LogP) is 7.77. The van der Waals surface area contributed by atoms with Crippen LogP contribution in [0.5, 0.6) is 0 Å². The molecule has 0 aromatic heterocycles. The molecule has 34 heavy (non-hydrogen) atoms. The van der Waals surface area contributed by atoms with E-state index in [1.165, 1.54) is 45.1 Å². The summed E-state index contributed by atoms with van der Waals surface area (Å²) in [5, 5.41) is 0.903. The molecule has 5 rings (SSSR count). The van der Waals surface area contributed by atoms with Crippen LogP contribution in [-0.4, -0.2) is 24.4 Å². The number of allylic oxidation sites excluding steroid dienone is 8. The van der Waals surface area contributed by atoms with Crippen molar-refractivity contribution < 1.29 is 4.58 Å². The SMILES string of the molecule is CN1/C(=C\C=C2/CCC(/C=C/C3=[N+](C)c4ccccc4C3(C)C)=C2Cl)C(C)(C)c2ccccc21. The Balaban J connectivity index is 1.43. The van der Waals surface area contributed by atoms with Crippen LogP contribution in [0.25, 0.3) is 0 Å². The Bertz CT molecular complexity index is 1330. The van der Waals surface area contributed by atoms with Crippen molar-refractivity contribution in [2.75, 3.05) is 19.0 Å². The van der Waals surface area contributed by atoms with Crippen LogP contribution in [-0.2, 0) is 10.8 Å². The number of hydrogen-bond donors (Lipinski definition) is 0. The smallest absolute Gasteiger partial charge is 0.209 e. The van der Waals surface area contributed by atoms with Crippen LogP contribution in [0.2, 0.25) is 0 Å². The van der Waals surface area contributed by atoms with Gasteiger partial charge in [-0.2, -0.15) is 4.58 Å². The molecule has 2 aromatic carbocycles. The van der Waals surface area contributed by atoms with Gasteiger partial charge in [-0.05, 0) is 55.5 Å². The monoisotopic (exact) mass is 469 g/mol. The van der Waals surface area contributed by atoms with E-state index >= 15 is 0 Å². The summed E-state index contributed by atoms with van der Waals surface area (Å²) in [6.45, 7) is 9.20. The third kappa shape index (κ3) is 3.43. The van der Waals surface area contributed by atoms with E-state index < -0.39 is 0 Å². The van der Waals surface area contributed by atoms with Gasteiger partial charge in [0, 0.05) is 46.6 Å². The molecule has 3 aliphatic rings. The first-order valence-corrected chi connectivity index (χ1v) is 12.5. The average Bonchev–Trinajstić information content (AvgIpc) is 3.33. The lowest BCUT2D eigenvalue weighted by Gasteiger charge is -2.23. The molecular formula is C31H34ClN2+. The fraction of sp³-hybridized carbons (Fsp3) is 0.323. The zero-order valence-electron chi connectivity index (χ0n) is 21.1. The fourth-order valence-corrected chi connectivity index (χ4v) is 6.29. The quantitative estimate of drug-likeness (QED) is 0.416. The second kappa shape index (κ2) is 8.13.